The zero-order chi connectivity index (χ0) is 28.7. The highest BCUT2D eigenvalue weighted by atomic mass is 35.5. The Labute approximate surface area is 247 Å². The van der Waals surface area contributed by atoms with E-state index in [0.717, 1.165) is 17.8 Å². The van der Waals surface area contributed by atoms with Crippen LogP contribution in [0, 0.1) is 0 Å². The van der Waals surface area contributed by atoms with Gasteiger partial charge in [0.2, 0.25) is 0 Å². The fraction of sp³-hybridized carbons (Fsp3) is 0.367. The van der Waals surface area contributed by atoms with E-state index in [2.05, 4.69) is 10.3 Å². The molecule has 2 saturated heterocycles. The predicted molar refractivity (Wildman–Crippen MR) is 158 cm³/mol. The van der Waals surface area contributed by atoms with Crippen LogP contribution in [0.25, 0.3) is 16.7 Å². The lowest BCUT2D eigenvalue weighted by Gasteiger charge is -2.38. The molecule has 6 rings (SSSR count). The van der Waals surface area contributed by atoms with E-state index in [1.54, 1.807) is 39.8 Å². The molecule has 2 aromatic carbocycles. The van der Waals surface area contributed by atoms with E-state index in [-0.39, 0.29) is 30.2 Å². The largest absolute Gasteiger partial charge is 0.388 e. The minimum atomic E-state index is -1.15. The molecule has 1 amide bonds. The number of likely N-dealkylation sites (tertiary alicyclic amines) is 1. The molecule has 2 fully saturated rings. The van der Waals surface area contributed by atoms with Gasteiger partial charge >= 0.3 is 0 Å². The van der Waals surface area contributed by atoms with Crippen LogP contribution in [0.4, 0.5) is 0 Å². The third kappa shape index (κ3) is 5.65. The van der Waals surface area contributed by atoms with Crippen molar-refractivity contribution in [1.82, 2.24) is 24.3 Å². The molecule has 2 aliphatic rings. The Kier molecular flexibility index (Phi) is 7.65. The van der Waals surface area contributed by atoms with Crippen molar-refractivity contribution in [2.24, 2.45) is 0 Å². The van der Waals surface area contributed by atoms with Gasteiger partial charge in [-0.25, -0.2) is 4.98 Å². The molecule has 2 N–H and O–H groups in total. The number of morpholine rings is 1. The summed E-state index contributed by atoms with van der Waals surface area (Å²) in [6.45, 7) is 4.28. The lowest BCUT2D eigenvalue weighted by Crippen LogP contribution is -2.49. The Hall–Kier alpha value is -3.21. The lowest BCUT2D eigenvalue weighted by atomic mass is 9.91. The van der Waals surface area contributed by atoms with Gasteiger partial charge in [-0.05, 0) is 67.8 Å². The van der Waals surface area contributed by atoms with Crippen LogP contribution < -0.4 is 10.9 Å². The van der Waals surface area contributed by atoms with Crippen LogP contribution in [0.5, 0.6) is 0 Å². The second-order valence-corrected chi connectivity index (χ2v) is 11.8. The first-order valence-corrected chi connectivity index (χ1v) is 14.5. The van der Waals surface area contributed by atoms with Crippen molar-refractivity contribution >= 4 is 40.1 Å². The number of aliphatic hydroxyl groups is 1. The summed E-state index contributed by atoms with van der Waals surface area (Å²) in [7, 11) is 0. The molecule has 4 heterocycles. The highest BCUT2D eigenvalue weighted by Crippen LogP contribution is 2.28. The van der Waals surface area contributed by atoms with Crippen LogP contribution in [-0.4, -0.2) is 68.0 Å². The maximum absolute atomic E-state index is 13.5. The average molecular weight is 597 g/mol. The van der Waals surface area contributed by atoms with E-state index in [1.807, 2.05) is 31.2 Å². The van der Waals surface area contributed by atoms with Gasteiger partial charge in [0.1, 0.15) is 11.5 Å². The summed E-state index contributed by atoms with van der Waals surface area (Å²) in [5.74, 6) is -0.106. The van der Waals surface area contributed by atoms with Crippen molar-refractivity contribution in [3.05, 3.63) is 92.6 Å². The second kappa shape index (κ2) is 11.2. The average Bonchev–Trinajstić information content (AvgIpc) is 3.32. The molecule has 11 heteroatoms. The zero-order valence-electron chi connectivity index (χ0n) is 22.6. The van der Waals surface area contributed by atoms with Crippen LogP contribution in [0.1, 0.15) is 41.7 Å². The van der Waals surface area contributed by atoms with E-state index < -0.39 is 5.60 Å². The van der Waals surface area contributed by atoms with Crippen LogP contribution in [0.3, 0.4) is 0 Å². The third-order valence-electron chi connectivity index (χ3n) is 8.03. The van der Waals surface area contributed by atoms with Gasteiger partial charge in [-0.15, -0.1) is 0 Å². The molecule has 9 nitrogen and oxygen atoms in total. The number of nitrogens with one attached hydrogen (secondary N) is 1. The Morgan fingerprint density at radius 3 is 2.49 bits per heavy atom. The summed E-state index contributed by atoms with van der Waals surface area (Å²) < 4.78 is 8.95. The van der Waals surface area contributed by atoms with Crippen molar-refractivity contribution in [3.63, 3.8) is 0 Å². The fourth-order valence-electron chi connectivity index (χ4n) is 5.58. The summed E-state index contributed by atoms with van der Waals surface area (Å²) >= 11 is 12.5. The summed E-state index contributed by atoms with van der Waals surface area (Å²) in [5, 5.41) is 16.1. The van der Waals surface area contributed by atoms with Crippen LogP contribution >= 0.6 is 23.2 Å². The number of carbonyl (C=O) groups excluding carboxylic acids is 1. The van der Waals surface area contributed by atoms with Gasteiger partial charge < -0.3 is 20.1 Å². The number of rotatable bonds is 5. The highest BCUT2D eigenvalue weighted by molar-refractivity contribution is 6.31. The molecule has 2 atom stereocenters. The highest BCUT2D eigenvalue weighted by Gasteiger charge is 2.35. The van der Waals surface area contributed by atoms with Gasteiger partial charge in [0.05, 0.1) is 36.3 Å². The summed E-state index contributed by atoms with van der Waals surface area (Å²) in [6.07, 6.45) is 2.33. The smallest absolute Gasteiger partial charge is 0.262 e. The number of benzene rings is 2. The lowest BCUT2D eigenvalue weighted by molar-refractivity contribution is -0.0299. The van der Waals surface area contributed by atoms with Crippen molar-refractivity contribution < 1.29 is 14.6 Å². The number of nitrogens with zero attached hydrogens (tertiary/aromatic N) is 4. The van der Waals surface area contributed by atoms with Crippen molar-refractivity contribution in [3.8, 4) is 5.69 Å². The fourth-order valence-corrected chi connectivity index (χ4v) is 5.99. The van der Waals surface area contributed by atoms with E-state index in [1.165, 1.54) is 10.9 Å². The normalized spacial score (nSPS) is 20.8. The predicted octanol–water partition coefficient (Wildman–Crippen LogP) is 4.21. The van der Waals surface area contributed by atoms with Crippen LogP contribution in [-0.2, 0) is 11.3 Å². The molecular weight excluding hydrogens is 565 g/mol. The molecule has 0 saturated carbocycles. The first-order chi connectivity index (χ1) is 19.7. The van der Waals surface area contributed by atoms with Gasteiger partial charge in [-0.3, -0.25) is 18.7 Å². The Morgan fingerprint density at radius 1 is 1.12 bits per heavy atom. The molecule has 0 aliphatic carbocycles. The number of ether oxygens (including phenoxy) is 1. The van der Waals surface area contributed by atoms with E-state index in [0.29, 0.717) is 59.3 Å². The number of carbonyl (C=O) groups is 1. The summed E-state index contributed by atoms with van der Waals surface area (Å²) in [5.41, 5.74) is 1.48. The molecular formula is C30H31Cl2N5O4. The number of fused-ring (bicyclic) bond motifs is 1. The Bertz CT molecular complexity index is 1620. The maximum atomic E-state index is 13.5. The topological polar surface area (TPSA) is 102 Å². The van der Waals surface area contributed by atoms with Crippen LogP contribution in [0.2, 0.25) is 10.2 Å². The van der Waals surface area contributed by atoms with Gasteiger partial charge in [0.25, 0.3) is 11.5 Å². The molecule has 2 aromatic heterocycles. The van der Waals surface area contributed by atoms with Crippen molar-refractivity contribution in [2.45, 2.75) is 44.1 Å². The zero-order valence-corrected chi connectivity index (χ0v) is 24.1. The molecule has 1 unspecified atom stereocenters. The number of aromatic nitrogens is 3. The van der Waals surface area contributed by atoms with Crippen LogP contribution in [0.15, 0.2) is 65.7 Å². The Balaban J connectivity index is 1.17. The minimum absolute atomic E-state index is 0.0737. The minimum Gasteiger partial charge on any atom is -0.388 e. The van der Waals surface area contributed by atoms with Gasteiger partial charge in [-0.1, -0.05) is 35.3 Å². The number of piperidine rings is 1. The molecule has 0 radical (unpaired) electrons. The SMILES string of the molecule is C[C@@H]1CNC(c2ccc(-n3c(Cl)cc4c(=O)n(CC5(O)CCN(C(=O)c6ccc(Cl)cc6)CC5)cnc43)cc2)CO1. The number of halogens is 2. The van der Waals surface area contributed by atoms with Crippen molar-refractivity contribution in [2.75, 3.05) is 26.2 Å². The standard InChI is InChI=1S/C30H31Cl2N5O4/c1-19-15-33-25(16-41-19)20-4-8-23(9-5-20)37-26(32)14-24-27(37)34-18-36(29(24)39)17-30(40)10-12-35(13-11-30)28(38)21-2-6-22(31)7-3-21/h2-9,14,18-19,25,33,40H,10-13,15-17H2,1H3/t19-,25?/m1/s1. The first kappa shape index (κ1) is 27.9. The van der Waals surface area contributed by atoms with E-state index in [9.17, 15) is 14.7 Å². The maximum Gasteiger partial charge on any atom is 0.262 e. The van der Waals surface area contributed by atoms with Gasteiger partial charge in [0.15, 0.2) is 5.65 Å². The Morgan fingerprint density at radius 2 is 1.83 bits per heavy atom. The molecule has 0 bridgehead atoms. The molecule has 4 aromatic rings. The number of hydrogen-bond acceptors (Lipinski definition) is 6. The third-order valence-corrected chi connectivity index (χ3v) is 8.56. The molecule has 0 spiro atoms. The van der Waals surface area contributed by atoms with Gasteiger partial charge in [-0.2, -0.15) is 0 Å². The summed E-state index contributed by atoms with van der Waals surface area (Å²) in [6, 6.07) is 16.5. The monoisotopic (exact) mass is 595 g/mol. The van der Waals surface area contributed by atoms with Gasteiger partial charge in [0, 0.05) is 35.9 Å². The molecule has 41 heavy (non-hydrogen) atoms. The number of amides is 1. The van der Waals surface area contributed by atoms with E-state index in [4.69, 9.17) is 27.9 Å². The summed E-state index contributed by atoms with van der Waals surface area (Å²) in [4.78, 5) is 32.6. The second-order valence-electron chi connectivity index (χ2n) is 10.9. The molecule has 2 aliphatic heterocycles. The quantitative estimate of drug-likeness (QED) is 0.358. The molecule has 214 valence electrons. The van der Waals surface area contributed by atoms with Crippen molar-refractivity contribution in [1.29, 1.82) is 0 Å². The van der Waals surface area contributed by atoms with E-state index >= 15 is 0 Å². The first-order valence-electron chi connectivity index (χ1n) is 13.7. The number of hydrogen-bond donors (Lipinski definition) is 2.